The molecule has 1 nitrogen and oxygen atoms in total. The van der Waals surface area contributed by atoms with E-state index in [0.29, 0.717) is 0 Å². The van der Waals surface area contributed by atoms with Crippen molar-refractivity contribution >= 4 is 0 Å². The third-order valence-corrected chi connectivity index (χ3v) is 5.26. The summed E-state index contributed by atoms with van der Waals surface area (Å²) in [5.41, 5.74) is 0. The van der Waals surface area contributed by atoms with Crippen LogP contribution in [-0.4, -0.2) is 12.1 Å². The van der Waals surface area contributed by atoms with E-state index in [1.807, 2.05) is 0 Å². The Balaban J connectivity index is 1.86. The second-order valence-corrected chi connectivity index (χ2v) is 6.80. The quantitative estimate of drug-likeness (QED) is 0.765. The summed E-state index contributed by atoms with van der Waals surface area (Å²) in [5.74, 6) is 2.74. The van der Waals surface area contributed by atoms with Crippen molar-refractivity contribution in [3.63, 3.8) is 0 Å². The zero-order chi connectivity index (χ0) is 12.3. The topological polar surface area (TPSA) is 12.0 Å². The standard InChI is InChI=1S/C16H31N/c1-12(2)15-10-6-7-11-16(15)17-13(3)14-8-4-5-9-14/h12-17H,4-11H2,1-3H3. The van der Waals surface area contributed by atoms with E-state index in [4.69, 9.17) is 0 Å². The highest BCUT2D eigenvalue weighted by Crippen LogP contribution is 2.33. The Morgan fingerprint density at radius 3 is 2.06 bits per heavy atom. The van der Waals surface area contributed by atoms with E-state index in [9.17, 15) is 0 Å². The zero-order valence-electron chi connectivity index (χ0n) is 12.0. The molecule has 0 aliphatic heterocycles. The largest absolute Gasteiger partial charge is 0.311 e. The number of nitrogens with one attached hydrogen (secondary N) is 1. The van der Waals surface area contributed by atoms with Gasteiger partial charge in [0, 0.05) is 12.1 Å². The van der Waals surface area contributed by atoms with Crippen LogP contribution < -0.4 is 5.32 Å². The Kier molecular flexibility index (Phi) is 4.90. The molecule has 1 heteroatoms. The number of hydrogen-bond acceptors (Lipinski definition) is 1. The predicted molar refractivity (Wildman–Crippen MR) is 75.1 cm³/mol. The average Bonchev–Trinajstić information content (AvgIpc) is 2.83. The third kappa shape index (κ3) is 3.47. The maximum Gasteiger partial charge on any atom is 0.0100 e. The molecule has 0 heterocycles. The highest BCUT2D eigenvalue weighted by molar-refractivity contribution is 4.87. The highest BCUT2D eigenvalue weighted by Gasteiger charge is 2.30. The van der Waals surface area contributed by atoms with E-state index in [0.717, 1.165) is 29.8 Å². The average molecular weight is 237 g/mol. The lowest BCUT2D eigenvalue weighted by molar-refractivity contribution is 0.180. The van der Waals surface area contributed by atoms with E-state index in [1.54, 1.807) is 0 Å². The van der Waals surface area contributed by atoms with Gasteiger partial charge in [0.2, 0.25) is 0 Å². The smallest absolute Gasteiger partial charge is 0.0100 e. The molecule has 3 atom stereocenters. The molecule has 0 amide bonds. The SMILES string of the molecule is CC(C)C1CCCCC1NC(C)C1CCCC1. The summed E-state index contributed by atoms with van der Waals surface area (Å²) in [6.07, 6.45) is 11.6. The van der Waals surface area contributed by atoms with Gasteiger partial charge < -0.3 is 5.32 Å². The Morgan fingerprint density at radius 1 is 0.824 bits per heavy atom. The first kappa shape index (κ1) is 13.4. The summed E-state index contributed by atoms with van der Waals surface area (Å²) >= 11 is 0. The molecule has 2 fully saturated rings. The molecule has 2 rings (SSSR count). The Morgan fingerprint density at radius 2 is 1.41 bits per heavy atom. The minimum Gasteiger partial charge on any atom is -0.311 e. The van der Waals surface area contributed by atoms with Gasteiger partial charge >= 0.3 is 0 Å². The van der Waals surface area contributed by atoms with Gasteiger partial charge in [0.05, 0.1) is 0 Å². The molecule has 0 aromatic rings. The van der Waals surface area contributed by atoms with Gasteiger partial charge in [0.1, 0.15) is 0 Å². The minimum absolute atomic E-state index is 0.752. The monoisotopic (exact) mass is 237 g/mol. The molecule has 17 heavy (non-hydrogen) atoms. The van der Waals surface area contributed by atoms with E-state index in [2.05, 4.69) is 26.1 Å². The van der Waals surface area contributed by atoms with Crippen LogP contribution in [0.25, 0.3) is 0 Å². The number of rotatable bonds is 4. The van der Waals surface area contributed by atoms with Crippen LogP contribution in [0.3, 0.4) is 0 Å². The molecule has 0 aromatic carbocycles. The van der Waals surface area contributed by atoms with Crippen molar-refractivity contribution in [2.75, 3.05) is 0 Å². The fourth-order valence-corrected chi connectivity index (χ4v) is 4.10. The van der Waals surface area contributed by atoms with E-state index in [1.165, 1.54) is 51.4 Å². The molecule has 0 radical (unpaired) electrons. The van der Waals surface area contributed by atoms with Gasteiger partial charge in [-0.3, -0.25) is 0 Å². The van der Waals surface area contributed by atoms with E-state index in [-0.39, 0.29) is 0 Å². The van der Waals surface area contributed by atoms with Crippen LogP contribution in [0.15, 0.2) is 0 Å². The molecular weight excluding hydrogens is 206 g/mol. The molecule has 100 valence electrons. The van der Waals surface area contributed by atoms with Gasteiger partial charge in [0.15, 0.2) is 0 Å². The van der Waals surface area contributed by atoms with Crippen molar-refractivity contribution in [2.24, 2.45) is 17.8 Å². The van der Waals surface area contributed by atoms with Crippen molar-refractivity contribution < 1.29 is 0 Å². The lowest BCUT2D eigenvalue weighted by atomic mass is 9.77. The number of hydrogen-bond donors (Lipinski definition) is 1. The fraction of sp³-hybridized carbons (Fsp3) is 1.00. The van der Waals surface area contributed by atoms with Gasteiger partial charge in [0.25, 0.3) is 0 Å². The van der Waals surface area contributed by atoms with Gasteiger partial charge in [-0.2, -0.15) is 0 Å². The fourth-order valence-electron chi connectivity index (χ4n) is 4.10. The molecule has 0 bridgehead atoms. The molecule has 0 saturated heterocycles. The summed E-state index contributed by atoms with van der Waals surface area (Å²) < 4.78 is 0. The zero-order valence-corrected chi connectivity index (χ0v) is 12.0. The van der Waals surface area contributed by atoms with Crippen LogP contribution in [-0.2, 0) is 0 Å². The van der Waals surface area contributed by atoms with Crippen molar-refractivity contribution in [2.45, 2.75) is 84.2 Å². The van der Waals surface area contributed by atoms with Gasteiger partial charge in [-0.05, 0) is 50.4 Å². The maximum atomic E-state index is 3.99. The summed E-state index contributed by atoms with van der Waals surface area (Å²) in [6, 6.07) is 1.56. The molecular formula is C16H31N. The van der Waals surface area contributed by atoms with E-state index < -0.39 is 0 Å². The Labute approximate surface area is 108 Å². The molecule has 2 saturated carbocycles. The van der Waals surface area contributed by atoms with E-state index >= 15 is 0 Å². The first-order valence-electron chi connectivity index (χ1n) is 7.94. The molecule has 3 unspecified atom stereocenters. The van der Waals surface area contributed by atoms with Crippen LogP contribution in [0.2, 0.25) is 0 Å². The molecule has 1 N–H and O–H groups in total. The van der Waals surface area contributed by atoms with Crippen molar-refractivity contribution in [1.82, 2.24) is 5.32 Å². The first-order chi connectivity index (χ1) is 8.18. The lowest BCUT2D eigenvalue weighted by Crippen LogP contribution is -2.47. The van der Waals surface area contributed by atoms with Gasteiger partial charge in [-0.1, -0.05) is 39.5 Å². The minimum atomic E-state index is 0.752. The lowest BCUT2D eigenvalue weighted by Gasteiger charge is -2.38. The van der Waals surface area contributed by atoms with Crippen LogP contribution in [0.1, 0.15) is 72.1 Å². The summed E-state index contributed by atoms with van der Waals surface area (Å²) in [5, 5.41) is 3.99. The van der Waals surface area contributed by atoms with Gasteiger partial charge in [-0.15, -0.1) is 0 Å². The van der Waals surface area contributed by atoms with Crippen molar-refractivity contribution in [3.05, 3.63) is 0 Å². The molecule has 0 aromatic heterocycles. The molecule has 2 aliphatic rings. The second-order valence-electron chi connectivity index (χ2n) is 6.80. The van der Waals surface area contributed by atoms with Crippen molar-refractivity contribution in [1.29, 1.82) is 0 Å². The third-order valence-electron chi connectivity index (χ3n) is 5.26. The highest BCUT2D eigenvalue weighted by atomic mass is 15.0. The van der Waals surface area contributed by atoms with Crippen LogP contribution in [0, 0.1) is 17.8 Å². The van der Waals surface area contributed by atoms with Crippen LogP contribution >= 0.6 is 0 Å². The van der Waals surface area contributed by atoms with Gasteiger partial charge in [-0.25, -0.2) is 0 Å². The maximum absolute atomic E-state index is 3.99. The summed E-state index contributed by atoms with van der Waals surface area (Å²) in [4.78, 5) is 0. The van der Waals surface area contributed by atoms with Crippen LogP contribution in [0.4, 0.5) is 0 Å². The Bertz CT molecular complexity index is 218. The van der Waals surface area contributed by atoms with Crippen molar-refractivity contribution in [3.8, 4) is 0 Å². The normalized spacial score (nSPS) is 33.2. The summed E-state index contributed by atoms with van der Waals surface area (Å²) in [7, 11) is 0. The summed E-state index contributed by atoms with van der Waals surface area (Å²) in [6.45, 7) is 7.25. The first-order valence-corrected chi connectivity index (χ1v) is 7.94. The molecule has 0 spiro atoms. The predicted octanol–water partition coefficient (Wildman–Crippen LogP) is 4.37. The molecule has 2 aliphatic carbocycles. The van der Waals surface area contributed by atoms with Crippen LogP contribution in [0.5, 0.6) is 0 Å². The Hall–Kier alpha value is -0.0400. The second kappa shape index (κ2) is 6.22.